The second kappa shape index (κ2) is 8.43. The molecule has 132 valence electrons. The zero-order chi connectivity index (χ0) is 17.6. The van der Waals surface area contributed by atoms with Crippen LogP contribution >= 0.6 is 22.7 Å². The van der Waals surface area contributed by atoms with Gasteiger partial charge in [0, 0.05) is 36.0 Å². The van der Waals surface area contributed by atoms with Gasteiger partial charge in [0.25, 0.3) is 0 Å². The minimum absolute atomic E-state index is 0.104. The van der Waals surface area contributed by atoms with Crippen molar-refractivity contribution >= 4 is 28.6 Å². The van der Waals surface area contributed by atoms with Crippen molar-refractivity contribution in [2.45, 2.75) is 33.0 Å². The van der Waals surface area contributed by atoms with Crippen LogP contribution in [-0.2, 0) is 19.1 Å². The van der Waals surface area contributed by atoms with E-state index in [2.05, 4.69) is 25.6 Å². The summed E-state index contributed by atoms with van der Waals surface area (Å²) in [5, 5.41) is 8.58. The highest BCUT2D eigenvalue weighted by Crippen LogP contribution is 2.30. The van der Waals surface area contributed by atoms with Gasteiger partial charge in [-0.2, -0.15) is 13.2 Å². The lowest BCUT2D eigenvalue weighted by molar-refractivity contribution is -0.140. The van der Waals surface area contributed by atoms with Gasteiger partial charge in [0.2, 0.25) is 0 Å². The molecule has 0 aliphatic carbocycles. The van der Waals surface area contributed by atoms with Crippen molar-refractivity contribution in [3.8, 4) is 0 Å². The van der Waals surface area contributed by atoms with E-state index in [9.17, 15) is 13.2 Å². The summed E-state index contributed by atoms with van der Waals surface area (Å²) in [5.74, 6) is 0.550. The number of thiazole rings is 2. The molecule has 0 amide bonds. The molecule has 2 aromatic rings. The highest BCUT2D eigenvalue weighted by molar-refractivity contribution is 7.11. The number of nitrogens with one attached hydrogen (secondary N) is 2. The predicted molar refractivity (Wildman–Crippen MR) is 90.5 cm³/mol. The van der Waals surface area contributed by atoms with E-state index in [1.54, 1.807) is 11.3 Å². The molecule has 5 nitrogen and oxygen atoms in total. The van der Waals surface area contributed by atoms with E-state index >= 15 is 0 Å². The Balaban J connectivity index is 1.89. The third-order valence-electron chi connectivity index (χ3n) is 2.86. The molecule has 0 aliphatic heterocycles. The van der Waals surface area contributed by atoms with Crippen molar-refractivity contribution in [2.75, 3.05) is 13.1 Å². The second-order valence-electron chi connectivity index (χ2n) is 4.86. The van der Waals surface area contributed by atoms with Crippen LogP contribution < -0.4 is 10.6 Å². The molecular formula is C14H18F3N5S2. The lowest BCUT2D eigenvalue weighted by Gasteiger charge is -2.10. The topological polar surface area (TPSA) is 62.2 Å². The van der Waals surface area contributed by atoms with Crippen LogP contribution in [0.2, 0.25) is 0 Å². The van der Waals surface area contributed by atoms with E-state index in [0.717, 1.165) is 33.0 Å². The zero-order valence-corrected chi connectivity index (χ0v) is 14.9. The van der Waals surface area contributed by atoms with Crippen molar-refractivity contribution in [2.24, 2.45) is 4.99 Å². The van der Waals surface area contributed by atoms with Crippen LogP contribution in [-0.4, -0.2) is 29.0 Å². The largest absolute Gasteiger partial charge is 0.434 e. The maximum atomic E-state index is 12.5. The Morgan fingerprint density at radius 2 is 2.08 bits per heavy atom. The molecule has 0 saturated heterocycles. The average molecular weight is 377 g/mol. The van der Waals surface area contributed by atoms with Gasteiger partial charge in [-0.15, -0.1) is 22.7 Å². The monoisotopic (exact) mass is 377 g/mol. The standard InChI is InChI=1S/C14H18F3N5S2/c1-3-18-13(19-5-4-11-20-6-9(2)24-11)21-7-12-22-10(8-23-12)14(15,16)17/h6,8H,3-5,7H2,1-2H3,(H2,18,19,21). The fourth-order valence-electron chi connectivity index (χ4n) is 1.81. The summed E-state index contributed by atoms with van der Waals surface area (Å²) in [5.41, 5.74) is -0.866. The first-order chi connectivity index (χ1) is 11.4. The van der Waals surface area contributed by atoms with E-state index in [-0.39, 0.29) is 6.54 Å². The van der Waals surface area contributed by atoms with Gasteiger partial charge in [-0.1, -0.05) is 0 Å². The van der Waals surface area contributed by atoms with Crippen LogP contribution in [0.15, 0.2) is 16.6 Å². The zero-order valence-electron chi connectivity index (χ0n) is 13.3. The number of guanidine groups is 1. The highest BCUT2D eigenvalue weighted by Gasteiger charge is 2.33. The lowest BCUT2D eigenvalue weighted by Crippen LogP contribution is -2.38. The second-order valence-corrected chi connectivity index (χ2v) is 7.12. The number of alkyl halides is 3. The lowest BCUT2D eigenvalue weighted by atomic mass is 10.4. The summed E-state index contributed by atoms with van der Waals surface area (Å²) in [4.78, 5) is 13.3. The van der Waals surface area contributed by atoms with Crippen LogP contribution in [0.1, 0.15) is 27.5 Å². The van der Waals surface area contributed by atoms with E-state index in [4.69, 9.17) is 0 Å². The van der Waals surface area contributed by atoms with Gasteiger partial charge in [0.05, 0.1) is 11.6 Å². The van der Waals surface area contributed by atoms with Gasteiger partial charge in [-0.3, -0.25) is 0 Å². The first kappa shape index (κ1) is 18.7. The SMILES string of the molecule is CCNC(=NCc1nc(C(F)(F)F)cs1)NCCc1ncc(C)s1. The number of aromatic nitrogens is 2. The molecule has 2 heterocycles. The molecule has 0 unspecified atom stereocenters. The molecule has 10 heteroatoms. The third kappa shape index (κ3) is 5.75. The van der Waals surface area contributed by atoms with E-state index in [1.165, 1.54) is 0 Å². The molecule has 0 radical (unpaired) electrons. The van der Waals surface area contributed by atoms with Crippen LogP contribution in [0, 0.1) is 6.92 Å². The summed E-state index contributed by atoms with van der Waals surface area (Å²) in [6, 6.07) is 0. The molecule has 0 fully saturated rings. The van der Waals surface area contributed by atoms with E-state index in [1.807, 2.05) is 20.0 Å². The number of hydrogen-bond acceptors (Lipinski definition) is 5. The summed E-state index contributed by atoms with van der Waals surface area (Å²) >= 11 is 2.60. The van der Waals surface area contributed by atoms with Crippen LogP contribution in [0.25, 0.3) is 0 Å². The molecule has 0 saturated carbocycles. The number of rotatable bonds is 6. The molecule has 0 aliphatic rings. The Morgan fingerprint density at radius 3 is 2.67 bits per heavy atom. The minimum Gasteiger partial charge on any atom is -0.357 e. The Morgan fingerprint density at radius 1 is 1.29 bits per heavy atom. The van der Waals surface area contributed by atoms with Crippen molar-refractivity contribution in [1.29, 1.82) is 0 Å². The van der Waals surface area contributed by atoms with Crippen molar-refractivity contribution < 1.29 is 13.2 Å². The van der Waals surface area contributed by atoms with Crippen LogP contribution in [0.4, 0.5) is 13.2 Å². The minimum atomic E-state index is -4.41. The molecular weight excluding hydrogens is 359 g/mol. The molecule has 0 aromatic carbocycles. The van der Waals surface area contributed by atoms with Gasteiger partial charge in [-0.25, -0.2) is 15.0 Å². The molecule has 0 atom stereocenters. The number of aliphatic imine (C=N–C) groups is 1. The highest BCUT2D eigenvalue weighted by atomic mass is 32.1. The molecule has 2 aromatic heterocycles. The summed E-state index contributed by atoms with van der Waals surface area (Å²) < 4.78 is 37.6. The van der Waals surface area contributed by atoms with Crippen LogP contribution in [0.3, 0.4) is 0 Å². The van der Waals surface area contributed by atoms with Gasteiger partial charge >= 0.3 is 6.18 Å². The quantitative estimate of drug-likeness (QED) is 0.599. The first-order valence-corrected chi connectivity index (χ1v) is 9.03. The Hall–Kier alpha value is -1.68. The average Bonchev–Trinajstić information content (AvgIpc) is 3.13. The Kier molecular flexibility index (Phi) is 6.55. The summed E-state index contributed by atoms with van der Waals surface area (Å²) in [6.45, 7) is 5.33. The van der Waals surface area contributed by atoms with E-state index < -0.39 is 11.9 Å². The van der Waals surface area contributed by atoms with Crippen LogP contribution in [0.5, 0.6) is 0 Å². The first-order valence-electron chi connectivity index (χ1n) is 7.33. The van der Waals surface area contributed by atoms with E-state index in [0.29, 0.717) is 24.1 Å². The molecule has 2 N–H and O–H groups in total. The van der Waals surface area contributed by atoms with Crippen molar-refractivity contribution in [1.82, 2.24) is 20.6 Å². The summed E-state index contributed by atoms with van der Waals surface area (Å²) in [6.07, 6.45) is -1.81. The maximum absolute atomic E-state index is 12.5. The molecule has 2 rings (SSSR count). The fraction of sp³-hybridized carbons (Fsp3) is 0.500. The molecule has 24 heavy (non-hydrogen) atoms. The fourth-order valence-corrected chi connectivity index (χ4v) is 3.32. The summed E-state index contributed by atoms with van der Waals surface area (Å²) in [7, 11) is 0. The van der Waals surface area contributed by atoms with Gasteiger partial charge in [-0.05, 0) is 13.8 Å². The van der Waals surface area contributed by atoms with Gasteiger partial charge < -0.3 is 10.6 Å². The number of nitrogens with zero attached hydrogens (tertiary/aromatic N) is 3. The number of aryl methyl sites for hydroxylation is 1. The van der Waals surface area contributed by atoms with Gasteiger partial charge in [0.1, 0.15) is 5.01 Å². The van der Waals surface area contributed by atoms with Gasteiger partial charge in [0.15, 0.2) is 11.7 Å². The van der Waals surface area contributed by atoms with Crippen molar-refractivity contribution in [3.05, 3.63) is 32.2 Å². The maximum Gasteiger partial charge on any atom is 0.434 e. The molecule has 0 bridgehead atoms. The van der Waals surface area contributed by atoms with Crippen molar-refractivity contribution in [3.63, 3.8) is 0 Å². The number of hydrogen-bond donors (Lipinski definition) is 2. The predicted octanol–water partition coefficient (Wildman–Crippen LogP) is 3.22. The number of halogens is 3. The Labute approximate surface area is 146 Å². The third-order valence-corrected chi connectivity index (χ3v) is 4.67. The molecule has 0 spiro atoms. The smallest absolute Gasteiger partial charge is 0.357 e. The Bertz CT molecular complexity index is 678. The normalized spacial score (nSPS) is 12.5.